The molecule has 2 nitrogen and oxygen atoms in total. The first-order valence-electron chi connectivity index (χ1n) is 5.13. The smallest absolute Gasteiger partial charge is 0.228 e. The van der Waals surface area contributed by atoms with Crippen LogP contribution in [0.2, 0.25) is 0 Å². The molecule has 0 aliphatic rings. The summed E-state index contributed by atoms with van der Waals surface area (Å²) in [6.45, 7) is 1.60. The molecule has 0 spiro atoms. The maximum absolute atomic E-state index is 11.9. The van der Waals surface area contributed by atoms with Crippen molar-refractivity contribution in [1.82, 2.24) is 4.57 Å². The van der Waals surface area contributed by atoms with E-state index in [4.69, 9.17) is 0 Å². The summed E-state index contributed by atoms with van der Waals surface area (Å²) in [5.41, 5.74) is 0.942. The summed E-state index contributed by atoms with van der Waals surface area (Å²) in [6.07, 6.45) is 4.03. The largest absolute Gasteiger partial charge is 0.274 e. The summed E-state index contributed by atoms with van der Waals surface area (Å²) in [4.78, 5) is 13.0. The predicted octanol–water partition coefficient (Wildman–Crippen LogP) is 5.27. The molecule has 0 unspecified atom stereocenters. The summed E-state index contributed by atoms with van der Waals surface area (Å²) in [7, 11) is 0. The number of benzene rings is 1. The molecule has 1 heterocycles. The SMILES string of the molecule is CSc1c(SC)n(C(C)=O)c2cc(Br)cc(Br)c12. The highest BCUT2D eigenvalue weighted by atomic mass is 79.9. The molecule has 1 aromatic heterocycles. The molecule has 0 radical (unpaired) electrons. The van der Waals surface area contributed by atoms with E-state index in [1.54, 1.807) is 35.0 Å². The van der Waals surface area contributed by atoms with Crippen molar-refractivity contribution in [3.8, 4) is 0 Å². The molecule has 2 aromatic rings. The third-order valence-electron chi connectivity index (χ3n) is 2.61. The van der Waals surface area contributed by atoms with Crippen molar-refractivity contribution in [2.24, 2.45) is 0 Å². The Hall–Kier alpha value is 0.0900. The van der Waals surface area contributed by atoms with Gasteiger partial charge in [-0.15, -0.1) is 23.5 Å². The van der Waals surface area contributed by atoms with Crippen LogP contribution in [0.4, 0.5) is 0 Å². The van der Waals surface area contributed by atoms with E-state index in [0.717, 1.165) is 29.8 Å². The zero-order valence-corrected chi connectivity index (χ0v) is 14.9. The van der Waals surface area contributed by atoms with Gasteiger partial charge in [0.15, 0.2) is 0 Å². The van der Waals surface area contributed by atoms with Crippen LogP contribution in [0, 0.1) is 0 Å². The van der Waals surface area contributed by atoms with E-state index < -0.39 is 0 Å². The highest BCUT2D eigenvalue weighted by molar-refractivity contribution is 9.11. The zero-order chi connectivity index (χ0) is 13.4. The Labute approximate surface area is 131 Å². The van der Waals surface area contributed by atoms with E-state index in [1.807, 2.05) is 24.6 Å². The molecule has 0 saturated heterocycles. The van der Waals surface area contributed by atoms with Crippen LogP contribution in [0.3, 0.4) is 0 Å². The maximum Gasteiger partial charge on any atom is 0.228 e. The van der Waals surface area contributed by atoms with Crippen molar-refractivity contribution in [1.29, 1.82) is 0 Å². The molecule has 2 rings (SSSR count). The lowest BCUT2D eigenvalue weighted by atomic mass is 10.2. The van der Waals surface area contributed by atoms with Gasteiger partial charge in [-0.05, 0) is 24.6 Å². The Morgan fingerprint density at radius 3 is 2.39 bits per heavy atom. The van der Waals surface area contributed by atoms with Gasteiger partial charge in [-0.2, -0.15) is 0 Å². The summed E-state index contributed by atoms with van der Waals surface area (Å²) in [5.74, 6) is 0.0367. The first kappa shape index (κ1) is 14.5. The van der Waals surface area contributed by atoms with Crippen molar-refractivity contribution in [2.45, 2.75) is 16.8 Å². The standard InChI is InChI=1S/C12H11Br2NOS2/c1-6(16)15-9-5-7(13)4-8(14)10(9)11(17-2)12(15)18-3/h4-5H,1-3H3. The summed E-state index contributed by atoms with van der Waals surface area (Å²) >= 11 is 10.3. The average Bonchev–Trinajstić information content (AvgIpc) is 2.62. The molecular weight excluding hydrogens is 398 g/mol. The van der Waals surface area contributed by atoms with Gasteiger partial charge in [-0.25, -0.2) is 0 Å². The number of hydrogen-bond donors (Lipinski definition) is 0. The minimum Gasteiger partial charge on any atom is -0.274 e. The summed E-state index contributed by atoms with van der Waals surface area (Å²) < 4.78 is 3.75. The van der Waals surface area contributed by atoms with Crippen molar-refractivity contribution < 1.29 is 4.79 Å². The average molecular weight is 409 g/mol. The monoisotopic (exact) mass is 407 g/mol. The van der Waals surface area contributed by atoms with Gasteiger partial charge in [0, 0.05) is 26.2 Å². The number of rotatable bonds is 2. The number of nitrogens with zero attached hydrogens (tertiary/aromatic N) is 1. The molecule has 18 heavy (non-hydrogen) atoms. The number of aromatic nitrogens is 1. The topological polar surface area (TPSA) is 22.0 Å². The Balaban J connectivity index is 3.00. The first-order valence-corrected chi connectivity index (χ1v) is 9.17. The van der Waals surface area contributed by atoms with Gasteiger partial charge in [0.25, 0.3) is 0 Å². The number of halogens is 2. The lowest BCUT2D eigenvalue weighted by molar-refractivity contribution is 0.0932. The third-order valence-corrected chi connectivity index (χ3v) is 5.40. The second-order valence-electron chi connectivity index (χ2n) is 3.68. The highest BCUT2D eigenvalue weighted by Crippen LogP contribution is 2.42. The molecule has 0 saturated carbocycles. The molecule has 0 aliphatic heterocycles. The third kappa shape index (κ3) is 2.28. The molecule has 0 aliphatic carbocycles. The van der Waals surface area contributed by atoms with Gasteiger partial charge in [0.1, 0.15) is 0 Å². The first-order chi connectivity index (χ1) is 8.51. The van der Waals surface area contributed by atoms with E-state index >= 15 is 0 Å². The molecule has 0 atom stereocenters. The quantitative estimate of drug-likeness (QED) is 0.631. The van der Waals surface area contributed by atoms with Gasteiger partial charge in [-0.3, -0.25) is 9.36 Å². The van der Waals surface area contributed by atoms with Crippen LogP contribution in [-0.4, -0.2) is 23.0 Å². The molecule has 1 aromatic carbocycles. The van der Waals surface area contributed by atoms with Gasteiger partial charge in [0.05, 0.1) is 10.5 Å². The number of hydrogen-bond acceptors (Lipinski definition) is 3. The van der Waals surface area contributed by atoms with Crippen LogP contribution in [0.1, 0.15) is 11.7 Å². The molecule has 0 amide bonds. The van der Waals surface area contributed by atoms with Gasteiger partial charge in [0.2, 0.25) is 5.91 Å². The highest BCUT2D eigenvalue weighted by Gasteiger charge is 2.20. The van der Waals surface area contributed by atoms with Crippen LogP contribution in [0.5, 0.6) is 0 Å². The lowest BCUT2D eigenvalue weighted by Crippen LogP contribution is -2.06. The van der Waals surface area contributed by atoms with Gasteiger partial charge in [-0.1, -0.05) is 31.9 Å². The Morgan fingerprint density at radius 1 is 1.22 bits per heavy atom. The maximum atomic E-state index is 11.9. The van der Waals surface area contributed by atoms with Crippen molar-refractivity contribution >= 4 is 72.2 Å². The van der Waals surface area contributed by atoms with Crippen LogP contribution in [0.25, 0.3) is 10.9 Å². The van der Waals surface area contributed by atoms with Crippen LogP contribution < -0.4 is 0 Å². The predicted molar refractivity (Wildman–Crippen MR) is 87.2 cm³/mol. The van der Waals surface area contributed by atoms with E-state index in [0.29, 0.717) is 0 Å². The summed E-state index contributed by atoms with van der Waals surface area (Å²) in [6, 6.07) is 4.00. The van der Waals surface area contributed by atoms with E-state index in [2.05, 4.69) is 31.9 Å². The van der Waals surface area contributed by atoms with Gasteiger partial charge >= 0.3 is 0 Å². The van der Waals surface area contributed by atoms with E-state index in [-0.39, 0.29) is 5.91 Å². The fourth-order valence-electron chi connectivity index (χ4n) is 1.97. The van der Waals surface area contributed by atoms with Crippen LogP contribution >= 0.6 is 55.4 Å². The molecular formula is C12H11Br2NOS2. The van der Waals surface area contributed by atoms with Crippen LogP contribution in [0.15, 0.2) is 31.0 Å². The molecule has 0 N–H and O–H groups in total. The molecule has 6 heteroatoms. The van der Waals surface area contributed by atoms with Crippen LogP contribution in [-0.2, 0) is 0 Å². The number of thioether (sulfide) groups is 2. The fraction of sp³-hybridized carbons (Fsp3) is 0.250. The number of carbonyl (C=O) groups is 1. The van der Waals surface area contributed by atoms with E-state index in [9.17, 15) is 4.79 Å². The molecule has 0 bridgehead atoms. The Bertz CT molecular complexity index is 637. The van der Waals surface area contributed by atoms with Crippen molar-refractivity contribution in [2.75, 3.05) is 12.5 Å². The van der Waals surface area contributed by atoms with E-state index in [1.165, 1.54) is 0 Å². The zero-order valence-electron chi connectivity index (χ0n) is 10.1. The number of fused-ring (bicyclic) bond motifs is 1. The summed E-state index contributed by atoms with van der Waals surface area (Å²) in [5, 5.41) is 2.11. The minimum atomic E-state index is 0.0367. The second-order valence-corrected chi connectivity index (χ2v) is 7.06. The van der Waals surface area contributed by atoms with Gasteiger partial charge < -0.3 is 0 Å². The molecule has 0 fully saturated rings. The fourth-order valence-corrected chi connectivity index (χ4v) is 5.38. The van der Waals surface area contributed by atoms with Crippen molar-refractivity contribution in [3.05, 3.63) is 21.1 Å². The lowest BCUT2D eigenvalue weighted by Gasteiger charge is -2.04. The van der Waals surface area contributed by atoms with Crippen molar-refractivity contribution in [3.63, 3.8) is 0 Å². The Morgan fingerprint density at radius 2 is 1.89 bits per heavy atom. The Kier molecular flexibility index (Phi) is 4.52. The normalized spacial score (nSPS) is 11.2. The molecule has 96 valence electrons. The second kappa shape index (κ2) is 5.61. The number of carbonyl (C=O) groups excluding carboxylic acids is 1. The minimum absolute atomic E-state index is 0.0367.